The predicted molar refractivity (Wildman–Crippen MR) is 93.8 cm³/mol. The molecule has 124 valence electrons. The first-order valence-corrected chi connectivity index (χ1v) is 7.99. The molecule has 2 heterocycles. The van der Waals surface area contributed by atoms with Crippen molar-refractivity contribution in [2.24, 2.45) is 4.99 Å². The third-order valence-corrected chi connectivity index (χ3v) is 4.20. The Kier molecular flexibility index (Phi) is 4.61. The number of hydrogen-bond acceptors (Lipinski definition) is 6. The monoisotopic (exact) mass is 344 g/mol. The van der Waals surface area contributed by atoms with Gasteiger partial charge in [-0.2, -0.15) is 0 Å². The first-order valence-electron chi connectivity index (χ1n) is 7.17. The Labute approximate surface area is 143 Å². The summed E-state index contributed by atoms with van der Waals surface area (Å²) in [6.45, 7) is 1.85. The number of nitrogens with zero attached hydrogens (tertiary/aromatic N) is 1. The topological polar surface area (TPSA) is 73.1 Å². The maximum Gasteiger partial charge on any atom is 0.264 e. The molecule has 1 saturated heterocycles. The van der Waals surface area contributed by atoms with Crippen LogP contribution < -0.4 is 14.8 Å². The fraction of sp³-hybridized carbons (Fsp3) is 0.176. The lowest BCUT2D eigenvalue weighted by atomic mass is 10.3. The van der Waals surface area contributed by atoms with Gasteiger partial charge in [0.25, 0.3) is 5.91 Å². The zero-order valence-corrected chi connectivity index (χ0v) is 14.3. The van der Waals surface area contributed by atoms with Gasteiger partial charge in [-0.3, -0.25) is 4.79 Å². The van der Waals surface area contributed by atoms with E-state index in [1.165, 1.54) is 11.8 Å². The summed E-state index contributed by atoms with van der Waals surface area (Å²) in [4.78, 5) is 17.0. The van der Waals surface area contributed by atoms with E-state index in [0.29, 0.717) is 33.0 Å². The molecule has 1 aliphatic heterocycles. The number of amides is 1. The third kappa shape index (κ3) is 3.46. The molecule has 1 aliphatic rings. The van der Waals surface area contributed by atoms with Crippen molar-refractivity contribution in [2.75, 3.05) is 14.2 Å². The molecule has 0 spiro atoms. The number of ether oxygens (including phenoxy) is 2. The highest BCUT2D eigenvalue weighted by Crippen LogP contribution is 2.34. The second-order valence-corrected chi connectivity index (χ2v) is 6.00. The van der Waals surface area contributed by atoms with Crippen LogP contribution in [0.15, 0.2) is 44.6 Å². The molecule has 3 rings (SSSR count). The van der Waals surface area contributed by atoms with Gasteiger partial charge >= 0.3 is 0 Å². The fourth-order valence-corrected chi connectivity index (χ4v) is 2.94. The highest BCUT2D eigenvalue weighted by Gasteiger charge is 2.24. The van der Waals surface area contributed by atoms with Crippen LogP contribution in [0.25, 0.3) is 6.08 Å². The molecule has 1 aromatic heterocycles. The normalized spacial score (nSPS) is 17.4. The number of rotatable bonds is 4. The average molecular weight is 344 g/mol. The molecule has 0 atom stereocenters. The van der Waals surface area contributed by atoms with Crippen LogP contribution in [0.4, 0.5) is 5.69 Å². The molecule has 0 radical (unpaired) electrons. The highest BCUT2D eigenvalue weighted by atomic mass is 32.2. The van der Waals surface area contributed by atoms with Gasteiger partial charge in [-0.05, 0) is 43.0 Å². The van der Waals surface area contributed by atoms with E-state index in [1.807, 2.05) is 19.1 Å². The van der Waals surface area contributed by atoms with Gasteiger partial charge in [0.2, 0.25) is 0 Å². The van der Waals surface area contributed by atoms with Crippen molar-refractivity contribution in [3.05, 3.63) is 46.8 Å². The molecule has 7 heteroatoms. The van der Waals surface area contributed by atoms with Gasteiger partial charge in [0.15, 0.2) is 5.17 Å². The van der Waals surface area contributed by atoms with E-state index in [4.69, 9.17) is 13.9 Å². The number of aliphatic imine (C=N–C) groups is 1. The van der Waals surface area contributed by atoms with Crippen LogP contribution in [0.1, 0.15) is 11.5 Å². The summed E-state index contributed by atoms with van der Waals surface area (Å²) < 4.78 is 15.9. The van der Waals surface area contributed by atoms with Gasteiger partial charge < -0.3 is 19.2 Å². The Morgan fingerprint density at radius 3 is 2.71 bits per heavy atom. The molecule has 6 nitrogen and oxygen atoms in total. The maximum atomic E-state index is 12.1. The molecule has 0 aliphatic carbocycles. The lowest BCUT2D eigenvalue weighted by molar-refractivity contribution is -0.115. The van der Waals surface area contributed by atoms with Crippen molar-refractivity contribution in [1.29, 1.82) is 0 Å². The predicted octanol–water partition coefficient (Wildman–Crippen LogP) is 3.50. The zero-order chi connectivity index (χ0) is 17.1. The summed E-state index contributed by atoms with van der Waals surface area (Å²) in [7, 11) is 3.14. The summed E-state index contributed by atoms with van der Waals surface area (Å²) in [6, 6.07) is 8.96. The van der Waals surface area contributed by atoms with Crippen LogP contribution >= 0.6 is 11.8 Å². The molecule has 0 saturated carbocycles. The molecule has 0 unspecified atom stereocenters. The third-order valence-electron chi connectivity index (χ3n) is 3.29. The van der Waals surface area contributed by atoms with Gasteiger partial charge in [0.05, 0.1) is 19.1 Å². The number of carbonyl (C=O) groups is 1. The summed E-state index contributed by atoms with van der Waals surface area (Å²) in [5, 5.41) is 3.22. The van der Waals surface area contributed by atoms with E-state index in [1.54, 1.807) is 38.5 Å². The summed E-state index contributed by atoms with van der Waals surface area (Å²) in [6.07, 6.45) is 1.70. The number of benzene rings is 1. The molecule has 1 N–H and O–H groups in total. The first kappa shape index (κ1) is 16.2. The number of furan rings is 1. The zero-order valence-electron chi connectivity index (χ0n) is 13.5. The largest absolute Gasteiger partial charge is 0.497 e. The van der Waals surface area contributed by atoms with Crippen molar-refractivity contribution < 1.29 is 18.7 Å². The molecule has 1 fully saturated rings. The SMILES string of the molecule is COc1ccc(N=C2NC(=O)/C(=C\c3ccc(C)o3)S2)c(OC)c1. The van der Waals surface area contributed by atoms with Crippen molar-refractivity contribution >= 4 is 34.6 Å². The Bertz CT molecular complexity index is 839. The Morgan fingerprint density at radius 1 is 1.21 bits per heavy atom. The van der Waals surface area contributed by atoms with Crippen molar-refractivity contribution in [3.8, 4) is 11.5 Å². The van der Waals surface area contributed by atoms with Crippen LogP contribution in [0, 0.1) is 6.92 Å². The van der Waals surface area contributed by atoms with Crippen LogP contribution in [0.5, 0.6) is 11.5 Å². The number of methoxy groups -OCH3 is 2. The standard InChI is InChI=1S/C17H16N2O4S/c1-10-4-5-12(23-10)9-15-16(20)19-17(24-15)18-13-7-6-11(21-2)8-14(13)22-3/h4-9H,1-3H3,(H,18,19,20)/b15-9+. The van der Waals surface area contributed by atoms with Gasteiger partial charge in [0, 0.05) is 12.1 Å². The van der Waals surface area contributed by atoms with Crippen LogP contribution in [0.3, 0.4) is 0 Å². The summed E-state index contributed by atoms with van der Waals surface area (Å²) in [5.74, 6) is 2.46. The lowest BCUT2D eigenvalue weighted by Crippen LogP contribution is -2.19. The highest BCUT2D eigenvalue weighted by molar-refractivity contribution is 8.18. The van der Waals surface area contributed by atoms with Crippen molar-refractivity contribution in [2.45, 2.75) is 6.92 Å². The minimum atomic E-state index is -0.208. The van der Waals surface area contributed by atoms with Gasteiger partial charge in [-0.25, -0.2) is 4.99 Å². The minimum absolute atomic E-state index is 0.208. The van der Waals surface area contributed by atoms with E-state index < -0.39 is 0 Å². The molecule has 1 aromatic carbocycles. The number of nitrogens with one attached hydrogen (secondary N) is 1. The quantitative estimate of drug-likeness (QED) is 0.860. The molecular weight excluding hydrogens is 328 g/mol. The van der Waals surface area contributed by atoms with Crippen molar-refractivity contribution in [1.82, 2.24) is 5.32 Å². The summed E-state index contributed by atoms with van der Waals surface area (Å²) >= 11 is 1.25. The first-order chi connectivity index (χ1) is 11.6. The number of thioether (sulfide) groups is 1. The average Bonchev–Trinajstić information content (AvgIpc) is 3.14. The fourth-order valence-electron chi connectivity index (χ4n) is 2.13. The number of carbonyl (C=O) groups excluding carboxylic acids is 1. The maximum absolute atomic E-state index is 12.1. The molecule has 24 heavy (non-hydrogen) atoms. The molecule has 1 amide bonds. The Balaban J connectivity index is 1.85. The Morgan fingerprint density at radius 2 is 2.04 bits per heavy atom. The van der Waals surface area contributed by atoms with Gasteiger partial charge in [-0.1, -0.05) is 0 Å². The number of aryl methyl sites for hydroxylation is 1. The van der Waals surface area contributed by atoms with Crippen LogP contribution in [-0.2, 0) is 4.79 Å². The molecular formula is C17H16N2O4S. The van der Waals surface area contributed by atoms with E-state index in [-0.39, 0.29) is 5.91 Å². The van der Waals surface area contributed by atoms with E-state index in [2.05, 4.69) is 10.3 Å². The van der Waals surface area contributed by atoms with Gasteiger partial charge in [-0.15, -0.1) is 0 Å². The molecule has 0 bridgehead atoms. The summed E-state index contributed by atoms with van der Waals surface area (Å²) in [5.41, 5.74) is 0.608. The van der Waals surface area contributed by atoms with Crippen molar-refractivity contribution in [3.63, 3.8) is 0 Å². The van der Waals surface area contributed by atoms with E-state index >= 15 is 0 Å². The second-order valence-electron chi connectivity index (χ2n) is 4.97. The van der Waals surface area contributed by atoms with E-state index in [9.17, 15) is 4.79 Å². The van der Waals surface area contributed by atoms with Crippen LogP contribution in [-0.4, -0.2) is 25.3 Å². The number of hydrogen-bond donors (Lipinski definition) is 1. The smallest absolute Gasteiger partial charge is 0.264 e. The Hall–Kier alpha value is -2.67. The van der Waals surface area contributed by atoms with Crippen LogP contribution in [0.2, 0.25) is 0 Å². The van der Waals surface area contributed by atoms with Gasteiger partial charge in [0.1, 0.15) is 28.7 Å². The molecule has 2 aromatic rings. The minimum Gasteiger partial charge on any atom is -0.497 e. The van der Waals surface area contributed by atoms with E-state index in [0.717, 1.165) is 5.76 Å². The number of amidine groups is 1. The lowest BCUT2D eigenvalue weighted by Gasteiger charge is -2.07. The second kappa shape index (κ2) is 6.84.